The van der Waals surface area contributed by atoms with Crippen LogP contribution in [0.5, 0.6) is 0 Å². The fourth-order valence-electron chi connectivity index (χ4n) is 1.74. The summed E-state index contributed by atoms with van der Waals surface area (Å²) in [5, 5.41) is 3.09. The number of rotatable bonds is 3. The predicted octanol–water partition coefficient (Wildman–Crippen LogP) is 3.58. The molecule has 18 heavy (non-hydrogen) atoms. The molecule has 3 nitrogen and oxygen atoms in total. The zero-order valence-electron chi connectivity index (χ0n) is 9.67. The van der Waals surface area contributed by atoms with Crippen LogP contribution in [-0.4, -0.2) is 4.98 Å². The molecule has 2 N–H and O–H groups in total. The lowest BCUT2D eigenvalue weighted by Crippen LogP contribution is -1.89. The normalized spacial score (nSPS) is 10.7. The van der Waals surface area contributed by atoms with Gasteiger partial charge in [0.25, 0.3) is 0 Å². The zero-order valence-corrected chi connectivity index (χ0v) is 10.5. The molecule has 90 valence electrons. The number of hydrogen-bond donors (Lipinski definition) is 1. The second-order valence-electron chi connectivity index (χ2n) is 4.02. The van der Waals surface area contributed by atoms with Gasteiger partial charge in [0.1, 0.15) is 5.69 Å². The number of nitrogens with two attached hydrogens (primary N) is 1. The molecule has 0 amide bonds. The number of anilines is 1. The lowest BCUT2D eigenvalue weighted by atomic mass is 10.1. The summed E-state index contributed by atoms with van der Waals surface area (Å²) in [7, 11) is 0. The summed E-state index contributed by atoms with van der Waals surface area (Å²) in [6, 6.07) is 11.7. The molecule has 2 heterocycles. The van der Waals surface area contributed by atoms with E-state index in [-0.39, 0.29) is 0 Å². The standard InChI is InChI=1S/C14H12N2OS/c15-11-5-3-10(4-6-11)8-14-16-12(9-18-14)13-2-1-7-17-13/h1-7,9H,8,15H2. The Balaban J connectivity index is 1.80. The Morgan fingerprint density at radius 1 is 1.17 bits per heavy atom. The molecule has 0 saturated carbocycles. The molecule has 0 bridgehead atoms. The predicted molar refractivity (Wildman–Crippen MR) is 73.5 cm³/mol. The maximum Gasteiger partial charge on any atom is 0.153 e. The van der Waals surface area contributed by atoms with E-state index in [4.69, 9.17) is 10.2 Å². The Labute approximate surface area is 109 Å². The molecule has 0 aliphatic carbocycles. The third kappa shape index (κ3) is 2.28. The quantitative estimate of drug-likeness (QED) is 0.729. The van der Waals surface area contributed by atoms with E-state index in [1.54, 1.807) is 17.6 Å². The minimum absolute atomic E-state index is 0.786. The number of aromatic nitrogens is 1. The Hall–Kier alpha value is -2.07. The van der Waals surface area contributed by atoms with Crippen molar-refractivity contribution in [3.63, 3.8) is 0 Å². The summed E-state index contributed by atoms with van der Waals surface area (Å²) >= 11 is 1.64. The van der Waals surface area contributed by atoms with Crippen molar-refractivity contribution in [1.82, 2.24) is 4.98 Å². The maximum atomic E-state index is 5.66. The van der Waals surface area contributed by atoms with Crippen LogP contribution in [0.4, 0.5) is 5.69 Å². The van der Waals surface area contributed by atoms with Crippen molar-refractivity contribution in [1.29, 1.82) is 0 Å². The summed E-state index contributed by atoms with van der Waals surface area (Å²) in [4.78, 5) is 4.56. The first-order valence-corrected chi connectivity index (χ1v) is 6.52. The first-order valence-electron chi connectivity index (χ1n) is 5.64. The van der Waals surface area contributed by atoms with E-state index in [0.717, 1.165) is 28.6 Å². The molecule has 3 aromatic rings. The van der Waals surface area contributed by atoms with Crippen LogP contribution in [-0.2, 0) is 6.42 Å². The summed E-state index contributed by atoms with van der Waals surface area (Å²) in [5.41, 5.74) is 8.56. The Morgan fingerprint density at radius 3 is 2.72 bits per heavy atom. The first-order chi connectivity index (χ1) is 8.81. The second-order valence-corrected chi connectivity index (χ2v) is 4.96. The van der Waals surface area contributed by atoms with Crippen molar-refractivity contribution >= 4 is 17.0 Å². The van der Waals surface area contributed by atoms with E-state index in [9.17, 15) is 0 Å². The van der Waals surface area contributed by atoms with Crippen LogP contribution in [0.2, 0.25) is 0 Å². The van der Waals surface area contributed by atoms with Gasteiger partial charge in [-0.1, -0.05) is 12.1 Å². The molecule has 0 saturated heterocycles. The van der Waals surface area contributed by atoms with Crippen molar-refractivity contribution < 1.29 is 4.42 Å². The summed E-state index contributed by atoms with van der Waals surface area (Å²) in [6.45, 7) is 0. The van der Waals surface area contributed by atoms with Crippen LogP contribution in [0, 0.1) is 0 Å². The number of nitrogen functional groups attached to an aromatic ring is 1. The lowest BCUT2D eigenvalue weighted by Gasteiger charge is -1.98. The topological polar surface area (TPSA) is 52.0 Å². The van der Waals surface area contributed by atoms with Gasteiger partial charge in [0.2, 0.25) is 0 Å². The highest BCUT2D eigenvalue weighted by Gasteiger charge is 2.07. The van der Waals surface area contributed by atoms with Gasteiger partial charge in [0, 0.05) is 17.5 Å². The fourth-order valence-corrected chi connectivity index (χ4v) is 2.56. The Bertz CT molecular complexity index is 626. The highest BCUT2D eigenvalue weighted by atomic mass is 32.1. The third-order valence-corrected chi connectivity index (χ3v) is 3.51. The average molecular weight is 256 g/mol. The van der Waals surface area contributed by atoms with Crippen molar-refractivity contribution in [3.05, 3.63) is 58.6 Å². The summed E-state index contributed by atoms with van der Waals surface area (Å²) < 4.78 is 5.33. The van der Waals surface area contributed by atoms with E-state index >= 15 is 0 Å². The molecule has 0 aliphatic heterocycles. The highest BCUT2D eigenvalue weighted by molar-refractivity contribution is 7.10. The Morgan fingerprint density at radius 2 is 2.00 bits per heavy atom. The molecule has 3 rings (SSSR count). The molecule has 0 radical (unpaired) electrons. The minimum atomic E-state index is 0.786. The number of nitrogens with zero attached hydrogens (tertiary/aromatic N) is 1. The molecule has 0 fully saturated rings. The average Bonchev–Trinajstić information content (AvgIpc) is 3.02. The zero-order chi connectivity index (χ0) is 12.4. The molecule has 0 spiro atoms. The fraction of sp³-hybridized carbons (Fsp3) is 0.0714. The van der Waals surface area contributed by atoms with Crippen LogP contribution in [0.15, 0.2) is 52.5 Å². The number of benzene rings is 1. The van der Waals surface area contributed by atoms with Crippen LogP contribution in [0.3, 0.4) is 0 Å². The van der Waals surface area contributed by atoms with Crippen molar-refractivity contribution in [3.8, 4) is 11.5 Å². The van der Waals surface area contributed by atoms with Gasteiger partial charge in [-0.05, 0) is 29.8 Å². The van der Waals surface area contributed by atoms with Gasteiger partial charge in [-0.25, -0.2) is 4.98 Å². The molecule has 0 unspecified atom stereocenters. The molecule has 0 atom stereocenters. The van der Waals surface area contributed by atoms with E-state index in [0.29, 0.717) is 0 Å². The molecule has 1 aromatic carbocycles. The van der Waals surface area contributed by atoms with Crippen molar-refractivity contribution in [2.24, 2.45) is 0 Å². The summed E-state index contributed by atoms with van der Waals surface area (Å²) in [5.74, 6) is 0.815. The van der Waals surface area contributed by atoms with Gasteiger partial charge in [-0.3, -0.25) is 0 Å². The molecule has 0 aliphatic rings. The number of furan rings is 1. The molecular weight excluding hydrogens is 244 g/mol. The van der Waals surface area contributed by atoms with Crippen LogP contribution in [0.1, 0.15) is 10.6 Å². The molecule has 4 heteroatoms. The SMILES string of the molecule is Nc1ccc(Cc2nc(-c3ccco3)cs2)cc1. The molecule has 2 aromatic heterocycles. The van der Waals surface area contributed by atoms with E-state index < -0.39 is 0 Å². The largest absolute Gasteiger partial charge is 0.463 e. The third-order valence-electron chi connectivity index (χ3n) is 2.66. The Kier molecular flexibility index (Phi) is 2.86. The van der Waals surface area contributed by atoms with Crippen molar-refractivity contribution in [2.45, 2.75) is 6.42 Å². The van der Waals surface area contributed by atoms with Crippen LogP contribution >= 0.6 is 11.3 Å². The number of hydrogen-bond acceptors (Lipinski definition) is 4. The maximum absolute atomic E-state index is 5.66. The van der Waals surface area contributed by atoms with Crippen LogP contribution in [0.25, 0.3) is 11.5 Å². The minimum Gasteiger partial charge on any atom is -0.463 e. The van der Waals surface area contributed by atoms with Gasteiger partial charge in [-0.15, -0.1) is 11.3 Å². The molecular formula is C14H12N2OS. The van der Waals surface area contributed by atoms with Crippen LogP contribution < -0.4 is 5.73 Å². The van der Waals surface area contributed by atoms with Gasteiger partial charge in [0.05, 0.1) is 11.3 Å². The lowest BCUT2D eigenvalue weighted by molar-refractivity contribution is 0.580. The van der Waals surface area contributed by atoms with Gasteiger partial charge in [-0.2, -0.15) is 0 Å². The van der Waals surface area contributed by atoms with E-state index in [1.807, 2.05) is 41.8 Å². The smallest absolute Gasteiger partial charge is 0.153 e. The van der Waals surface area contributed by atoms with Crippen molar-refractivity contribution in [2.75, 3.05) is 5.73 Å². The van der Waals surface area contributed by atoms with E-state index in [1.165, 1.54) is 5.56 Å². The monoisotopic (exact) mass is 256 g/mol. The van der Waals surface area contributed by atoms with Gasteiger partial charge >= 0.3 is 0 Å². The second kappa shape index (κ2) is 4.66. The number of thiazole rings is 1. The van der Waals surface area contributed by atoms with E-state index in [2.05, 4.69) is 4.98 Å². The summed E-state index contributed by atoms with van der Waals surface area (Å²) in [6.07, 6.45) is 2.49. The van der Waals surface area contributed by atoms with Gasteiger partial charge < -0.3 is 10.2 Å². The van der Waals surface area contributed by atoms with Gasteiger partial charge in [0.15, 0.2) is 5.76 Å². The first kappa shape index (κ1) is 11.0. The highest BCUT2D eigenvalue weighted by Crippen LogP contribution is 2.23.